The maximum Gasteiger partial charge on any atom is 0.409 e. The number of amides is 1. The Balaban J connectivity index is 2.59. The third kappa shape index (κ3) is 4.19. The lowest BCUT2D eigenvalue weighted by Gasteiger charge is -2.39. The van der Waals surface area contributed by atoms with Crippen LogP contribution in [0, 0.1) is 11.8 Å². The summed E-state index contributed by atoms with van der Waals surface area (Å²) in [6, 6.07) is 0.412. The second-order valence-corrected chi connectivity index (χ2v) is 5.27. The van der Waals surface area contributed by atoms with Crippen molar-refractivity contribution in [2.75, 3.05) is 26.7 Å². The van der Waals surface area contributed by atoms with Crippen LogP contribution < -0.4 is 5.32 Å². The van der Waals surface area contributed by atoms with Crippen LogP contribution in [0.4, 0.5) is 4.79 Å². The van der Waals surface area contributed by atoms with E-state index in [9.17, 15) is 4.79 Å². The molecule has 4 heteroatoms. The first-order chi connectivity index (χ1) is 8.08. The highest BCUT2D eigenvalue weighted by Crippen LogP contribution is 2.24. The van der Waals surface area contributed by atoms with Gasteiger partial charge in [-0.25, -0.2) is 4.79 Å². The molecule has 1 heterocycles. The molecule has 2 unspecified atom stereocenters. The van der Waals surface area contributed by atoms with Gasteiger partial charge in [0.15, 0.2) is 0 Å². The Labute approximate surface area is 105 Å². The standard InChI is InChI=1S/C13H26N2O2/c1-5-6-14-12-7-11(10(2)3)8-15(9-12)13(16)17-4/h10-12,14H,5-9H2,1-4H3. The van der Waals surface area contributed by atoms with Crippen molar-refractivity contribution in [3.05, 3.63) is 0 Å². The lowest BCUT2D eigenvalue weighted by molar-refractivity contribution is 0.0811. The predicted octanol–water partition coefficient (Wildman–Crippen LogP) is 2.10. The van der Waals surface area contributed by atoms with Crippen molar-refractivity contribution < 1.29 is 9.53 Å². The number of likely N-dealkylation sites (tertiary alicyclic amines) is 1. The summed E-state index contributed by atoms with van der Waals surface area (Å²) in [7, 11) is 1.45. The minimum atomic E-state index is -0.196. The Kier molecular flexibility index (Phi) is 5.75. The van der Waals surface area contributed by atoms with Gasteiger partial charge in [0.25, 0.3) is 0 Å². The second-order valence-electron chi connectivity index (χ2n) is 5.27. The summed E-state index contributed by atoms with van der Waals surface area (Å²) < 4.78 is 4.83. The Morgan fingerprint density at radius 1 is 1.47 bits per heavy atom. The Morgan fingerprint density at radius 3 is 2.71 bits per heavy atom. The zero-order valence-electron chi connectivity index (χ0n) is 11.5. The first-order valence-corrected chi connectivity index (χ1v) is 6.64. The molecule has 4 nitrogen and oxygen atoms in total. The number of ether oxygens (including phenoxy) is 1. The monoisotopic (exact) mass is 242 g/mol. The van der Waals surface area contributed by atoms with Crippen LogP contribution in [0.25, 0.3) is 0 Å². The number of hydrogen-bond acceptors (Lipinski definition) is 3. The summed E-state index contributed by atoms with van der Waals surface area (Å²) in [5, 5.41) is 3.52. The molecule has 0 bridgehead atoms. The van der Waals surface area contributed by atoms with Gasteiger partial charge in [-0.1, -0.05) is 20.8 Å². The minimum Gasteiger partial charge on any atom is -0.453 e. The van der Waals surface area contributed by atoms with E-state index in [1.807, 2.05) is 4.90 Å². The molecule has 0 aromatic carbocycles. The van der Waals surface area contributed by atoms with Crippen LogP contribution in [-0.4, -0.2) is 43.8 Å². The molecular formula is C13H26N2O2. The number of piperidine rings is 1. The first kappa shape index (κ1) is 14.3. The molecule has 1 amide bonds. The smallest absolute Gasteiger partial charge is 0.409 e. The van der Waals surface area contributed by atoms with Crippen molar-refractivity contribution in [3.8, 4) is 0 Å². The summed E-state index contributed by atoms with van der Waals surface area (Å²) in [6.07, 6.45) is 2.09. The Morgan fingerprint density at radius 2 is 2.18 bits per heavy atom. The van der Waals surface area contributed by atoms with Crippen molar-refractivity contribution in [1.29, 1.82) is 0 Å². The first-order valence-electron chi connectivity index (χ1n) is 6.64. The average molecular weight is 242 g/mol. The molecule has 0 aliphatic carbocycles. The molecule has 1 aliphatic rings. The molecule has 100 valence electrons. The van der Waals surface area contributed by atoms with E-state index in [1.165, 1.54) is 7.11 Å². The van der Waals surface area contributed by atoms with Gasteiger partial charge < -0.3 is 15.0 Å². The van der Waals surface area contributed by atoms with Crippen LogP contribution in [0.15, 0.2) is 0 Å². The summed E-state index contributed by atoms with van der Waals surface area (Å²) in [5.74, 6) is 1.17. The summed E-state index contributed by atoms with van der Waals surface area (Å²) in [5.41, 5.74) is 0. The molecule has 0 radical (unpaired) electrons. The van der Waals surface area contributed by atoms with Crippen LogP contribution in [0.5, 0.6) is 0 Å². The van der Waals surface area contributed by atoms with E-state index in [0.29, 0.717) is 17.9 Å². The highest BCUT2D eigenvalue weighted by molar-refractivity contribution is 5.67. The largest absolute Gasteiger partial charge is 0.453 e. The Hall–Kier alpha value is -0.770. The quantitative estimate of drug-likeness (QED) is 0.821. The number of carbonyl (C=O) groups is 1. The maximum atomic E-state index is 11.6. The van der Waals surface area contributed by atoms with Crippen molar-refractivity contribution in [2.45, 2.75) is 39.7 Å². The van der Waals surface area contributed by atoms with Gasteiger partial charge in [0.1, 0.15) is 0 Å². The van der Waals surface area contributed by atoms with Crippen LogP contribution in [0.1, 0.15) is 33.6 Å². The van der Waals surface area contributed by atoms with E-state index in [0.717, 1.165) is 32.5 Å². The zero-order valence-corrected chi connectivity index (χ0v) is 11.5. The van der Waals surface area contributed by atoms with Crippen molar-refractivity contribution in [1.82, 2.24) is 10.2 Å². The fraction of sp³-hybridized carbons (Fsp3) is 0.923. The molecule has 0 aromatic heterocycles. The van der Waals surface area contributed by atoms with E-state index in [1.54, 1.807) is 0 Å². The zero-order chi connectivity index (χ0) is 12.8. The molecule has 1 aliphatic heterocycles. The molecule has 1 N–H and O–H groups in total. The van der Waals surface area contributed by atoms with Gasteiger partial charge in [0, 0.05) is 19.1 Å². The van der Waals surface area contributed by atoms with Crippen molar-refractivity contribution in [2.24, 2.45) is 11.8 Å². The third-order valence-electron chi connectivity index (χ3n) is 3.54. The molecular weight excluding hydrogens is 216 g/mol. The molecule has 1 saturated heterocycles. The third-order valence-corrected chi connectivity index (χ3v) is 3.54. The normalized spacial score (nSPS) is 25.1. The molecule has 0 saturated carbocycles. The summed E-state index contributed by atoms with van der Waals surface area (Å²) in [4.78, 5) is 13.5. The minimum absolute atomic E-state index is 0.196. The average Bonchev–Trinajstić information content (AvgIpc) is 2.34. The second kappa shape index (κ2) is 6.84. The maximum absolute atomic E-state index is 11.6. The van der Waals surface area contributed by atoms with E-state index in [2.05, 4.69) is 26.1 Å². The van der Waals surface area contributed by atoms with Gasteiger partial charge in [-0.15, -0.1) is 0 Å². The number of carbonyl (C=O) groups excluding carboxylic acids is 1. The molecule has 0 aromatic rings. The van der Waals surface area contributed by atoms with Crippen molar-refractivity contribution >= 4 is 6.09 Å². The van der Waals surface area contributed by atoms with Crippen molar-refractivity contribution in [3.63, 3.8) is 0 Å². The van der Waals surface area contributed by atoms with Gasteiger partial charge in [0.05, 0.1) is 7.11 Å². The van der Waals surface area contributed by atoms with Gasteiger partial charge in [-0.2, -0.15) is 0 Å². The molecule has 0 spiro atoms. The van der Waals surface area contributed by atoms with E-state index >= 15 is 0 Å². The fourth-order valence-electron chi connectivity index (χ4n) is 2.40. The molecule has 1 rings (SSSR count). The fourth-order valence-corrected chi connectivity index (χ4v) is 2.40. The van der Waals surface area contributed by atoms with Crippen LogP contribution >= 0.6 is 0 Å². The lowest BCUT2D eigenvalue weighted by atomic mass is 9.85. The highest BCUT2D eigenvalue weighted by Gasteiger charge is 2.31. The topological polar surface area (TPSA) is 41.6 Å². The summed E-state index contributed by atoms with van der Waals surface area (Å²) in [6.45, 7) is 9.23. The van der Waals surface area contributed by atoms with Gasteiger partial charge in [-0.3, -0.25) is 0 Å². The number of nitrogens with one attached hydrogen (secondary N) is 1. The Bertz CT molecular complexity index is 244. The summed E-state index contributed by atoms with van der Waals surface area (Å²) >= 11 is 0. The van der Waals surface area contributed by atoms with Crippen LogP contribution in [-0.2, 0) is 4.74 Å². The number of nitrogens with zero attached hydrogens (tertiary/aromatic N) is 1. The van der Waals surface area contributed by atoms with Gasteiger partial charge in [0.2, 0.25) is 0 Å². The number of methoxy groups -OCH3 is 1. The van der Waals surface area contributed by atoms with E-state index < -0.39 is 0 Å². The molecule has 1 fully saturated rings. The van der Waals surface area contributed by atoms with Crippen LogP contribution in [0.3, 0.4) is 0 Å². The SMILES string of the molecule is CCCNC1CC(C(C)C)CN(C(=O)OC)C1. The van der Waals surface area contributed by atoms with Crippen LogP contribution in [0.2, 0.25) is 0 Å². The molecule has 2 atom stereocenters. The highest BCUT2D eigenvalue weighted by atomic mass is 16.5. The molecule has 17 heavy (non-hydrogen) atoms. The van der Waals surface area contributed by atoms with E-state index in [-0.39, 0.29) is 6.09 Å². The van der Waals surface area contributed by atoms with Gasteiger partial charge >= 0.3 is 6.09 Å². The lowest BCUT2D eigenvalue weighted by Crippen LogP contribution is -2.52. The number of rotatable bonds is 4. The van der Waals surface area contributed by atoms with Gasteiger partial charge in [-0.05, 0) is 31.2 Å². The predicted molar refractivity (Wildman–Crippen MR) is 69.0 cm³/mol. The van der Waals surface area contributed by atoms with E-state index in [4.69, 9.17) is 4.74 Å². The number of hydrogen-bond donors (Lipinski definition) is 1.